The molecule has 0 aliphatic heterocycles. The number of rotatable bonds is 6. The van der Waals surface area contributed by atoms with Crippen LogP contribution in [-0.4, -0.2) is 23.4 Å². The molecule has 6 heteroatoms. The summed E-state index contributed by atoms with van der Waals surface area (Å²) < 4.78 is 5.55. The zero-order valence-electron chi connectivity index (χ0n) is 13.8. The summed E-state index contributed by atoms with van der Waals surface area (Å²) in [6, 6.07) is 14.8. The van der Waals surface area contributed by atoms with E-state index in [2.05, 4.69) is 4.90 Å². The molecule has 0 N–H and O–H groups in total. The Kier molecular flexibility index (Phi) is 6.33. The number of hydrogen-bond donors (Lipinski definition) is 0. The first-order chi connectivity index (χ1) is 11.6. The summed E-state index contributed by atoms with van der Waals surface area (Å²) in [6.07, 6.45) is 5.43. The van der Waals surface area contributed by atoms with Crippen LogP contribution in [0.15, 0.2) is 65.3 Å². The minimum absolute atomic E-state index is 0. The molecule has 0 saturated heterocycles. The molecule has 0 aliphatic rings. The molecule has 0 bridgehead atoms. The third kappa shape index (κ3) is 4.47. The molecule has 0 spiro atoms. The minimum atomic E-state index is -0.360. The number of nitro benzene ring substituents is 1. The summed E-state index contributed by atoms with van der Waals surface area (Å²) in [7, 11) is 2.01. The van der Waals surface area contributed by atoms with Crippen molar-refractivity contribution in [3.63, 3.8) is 0 Å². The summed E-state index contributed by atoms with van der Waals surface area (Å²) in [5, 5.41) is 12.1. The van der Waals surface area contributed by atoms with E-state index in [0.29, 0.717) is 12.1 Å². The predicted molar refractivity (Wildman–Crippen MR) is 102 cm³/mol. The fraction of sp³-hybridized carbons (Fsp3) is 0.158. The van der Waals surface area contributed by atoms with Gasteiger partial charge in [-0.3, -0.25) is 15.0 Å². The molecular formula is C19H19ClN2O3. The molecule has 1 heterocycles. The van der Waals surface area contributed by atoms with Crippen molar-refractivity contribution in [2.75, 3.05) is 13.6 Å². The maximum absolute atomic E-state index is 11.0. The average molecular weight is 359 g/mol. The molecule has 5 nitrogen and oxygen atoms in total. The highest BCUT2D eigenvalue weighted by molar-refractivity contribution is 5.85. The molecular weight excluding hydrogens is 340 g/mol. The van der Waals surface area contributed by atoms with Crippen LogP contribution in [0.5, 0.6) is 0 Å². The normalized spacial score (nSPS) is 11.1. The molecule has 25 heavy (non-hydrogen) atoms. The lowest BCUT2D eigenvalue weighted by Crippen LogP contribution is -2.17. The standard InChI is InChI=1S/C19H18N2O3.ClH/c1-20(14-17-8-4-7-16-11-13-24-19(16)17)12-5-9-15-6-2-3-10-18(15)21(22)23;/h2-11,13H,12,14H2,1H3;1H/b9-5+;. The third-order valence-corrected chi connectivity index (χ3v) is 3.85. The Morgan fingerprint density at radius 1 is 1.16 bits per heavy atom. The SMILES string of the molecule is CN(C/C=C/c1ccccc1[N+](=O)[O-])Cc1cccc2ccoc12.Cl. The van der Waals surface area contributed by atoms with Gasteiger partial charge in [-0.25, -0.2) is 0 Å². The van der Waals surface area contributed by atoms with E-state index in [1.165, 1.54) is 6.07 Å². The first kappa shape index (κ1) is 18.7. The van der Waals surface area contributed by atoms with E-state index in [0.717, 1.165) is 23.1 Å². The number of para-hydroxylation sites is 2. The second-order valence-electron chi connectivity index (χ2n) is 5.67. The van der Waals surface area contributed by atoms with Crippen molar-refractivity contribution in [1.82, 2.24) is 4.90 Å². The van der Waals surface area contributed by atoms with Crippen LogP contribution in [0.1, 0.15) is 11.1 Å². The van der Waals surface area contributed by atoms with E-state index in [9.17, 15) is 10.1 Å². The Hall–Kier alpha value is -2.63. The first-order valence-corrected chi connectivity index (χ1v) is 7.69. The number of furan rings is 1. The molecule has 2 aromatic carbocycles. The Morgan fingerprint density at radius 2 is 1.96 bits per heavy atom. The molecule has 0 aliphatic carbocycles. The van der Waals surface area contributed by atoms with Gasteiger partial charge in [-0.1, -0.05) is 42.5 Å². The lowest BCUT2D eigenvalue weighted by molar-refractivity contribution is -0.385. The van der Waals surface area contributed by atoms with E-state index in [-0.39, 0.29) is 23.0 Å². The van der Waals surface area contributed by atoms with Crippen molar-refractivity contribution < 1.29 is 9.34 Å². The van der Waals surface area contributed by atoms with E-state index in [1.54, 1.807) is 30.5 Å². The Bertz CT molecular complexity index is 889. The monoisotopic (exact) mass is 358 g/mol. The van der Waals surface area contributed by atoms with Gasteiger partial charge in [-0.15, -0.1) is 12.4 Å². The van der Waals surface area contributed by atoms with Gasteiger partial charge in [-0.2, -0.15) is 0 Å². The minimum Gasteiger partial charge on any atom is -0.464 e. The lowest BCUT2D eigenvalue weighted by Gasteiger charge is -2.14. The van der Waals surface area contributed by atoms with Crippen LogP contribution in [0.2, 0.25) is 0 Å². The van der Waals surface area contributed by atoms with E-state index in [4.69, 9.17) is 4.42 Å². The summed E-state index contributed by atoms with van der Waals surface area (Å²) in [5.74, 6) is 0. The van der Waals surface area contributed by atoms with Gasteiger partial charge in [0.05, 0.1) is 16.7 Å². The van der Waals surface area contributed by atoms with E-state index in [1.807, 2.05) is 37.4 Å². The molecule has 0 atom stereocenters. The van der Waals surface area contributed by atoms with E-state index >= 15 is 0 Å². The van der Waals surface area contributed by atoms with Crippen molar-refractivity contribution in [1.29, 1.82) is 0 Å². The smallest absolute Gasteiger partial charge is 0.276 e. The highest BCUT2D eigenvalue weighted by Crippen LogP contribution is 2.21. The lowest BCUT2D eigenvalue weighted by atomic mass is 10.1. The van der Waals surface area contributed by atoms with Crippen LogP contribution in [0.3, 0.4) is 0 Å². The van der Waals surface area contributed by atoms with Crippen molar-refractivity contribution in [3.05, 3.63) is 82.1 Å². The van der Waals surface area contributed by atoms with Gasteiger partial charge in [0.2, 0.25) is 0 Å². The molecule has 0 radical (unpaired) electrons. The van der Waals surface area contributed by atoms with Gasteiger partial charge in [0, 0.05) is 30.1 Å². The average Bonchev–Trinajstić information content (AvgIpc) is 3.05. The fourth-order valence-corrected chi connectivity index (χ4v) is 2.69. The number of likely N-dealkylation sites (N-methyl/N-ethyl adjacent to an activating group) is 1. The number of halogens is 1. The molecule has 1 aromatic heterocycles. The van der Waals surface area contributed by atoms with Crippen LogP contribution in [0.25, 0.3) is 17.0 Å². The molecule has 0 unspecified atom stereocenters. The topological polar surface area (TPSA) is 59.5 Å². The first-order valence-electron chi connectivity index (χ1n) is 7.69. The van der Waals surface area contributed by atoms with Gasteiger partial charge >= 0.3 is 0 Å². The highest BCUT2D eigenvalue weighted by Gasteiger charge is 2.09. The fourth-order valence-electron chi connectivity index (χ4n) is 2.69. The van der Waals surface area contributed by atoms with Crippen molar-refractivity contribution in [2.24, 2.45) is 0 Å². The molecule has 3 aromatic rings. The van der Waals surface area contributed by atoms with Crippen molar-refractivity contribution in [2.45, 2.75) is 6.54 Å². The largest absolute Gasteiger partial charge is 0.464 e. The third-order valence-electron chi connectivity index (χ3n) is 3.85. The molecule has 0 saturated carbocycles. The zero-order chi connectivity index (χ0) is 16.9. The molecule has 0 fully saturated rings. The number of hydrogen-bond acceptors (Lipinski definition) is 4. The molecule has 0 amide bonds. The quantitative estimate of drug-likeness (QED) is 0.464. The van der Waals surface area contributed by atoms with Crippen molar-refractivity contribution >= 4 is 35.1 Å². The maximum Gasteiger partial charge on any atom is 0.276 e. The van der Waals surface area contributed by atoms with Gasteiger partial charge in [0.1, 0.15) is 5.58 Å². The summed E-state index contributed by atoms with van der Waals surface area (Å²) in [6.45, 7) is 1.43. The number of benzene rings is 2. The van der Waals surface area contributed by atoms with Gasteiger partial charge in [0.15, 0.2) is 0 Å². The van der Waals surface area contributed by atoms with Gasteiger partial charge in [-0.05, 0) is 19.2 Å². The van der Waals surface area contributed by atoms with Crippen molar-refractivity contribution in [3.8, 4) is 0 Å². The summed E-state index contributed by atoms with van der Waals surface area (Å²) in [4.78, 5) is 12.8. The van der Waals surface area contributed by atoms with Crippen LogP contribution in [0.4, 0.5) is 5.69 Å². The summed E-state index contributed by atoms with van der Waals surface area (Å²) >= 11 is 0. The number of nitro groups is 1. The molecule has 130 valence electrons. The summed E-state index contributed by atoms with van der Waals surface area (Å²) in [5.41, 5.74) is 2.77. The number of nitrogens with zero attached hydrogens (tertiary/aromatic N) is 2. The Morgan fingerprint density at radius 3 is 2.76 bits per heavy atom. The Labute approximate surface area is 152 Å². The zero-order valence-corrected chi connectivity index (χ0v) is 14.6. The Balaban J connectivity index is 0.00000225. The second-order valence-corrected chi connectivity index (χ2v) is 5.67. The van der Waals surface area contributed by atoms with Gasteiger partial charge < -0.3 is 4.42 Å². The van der Waals surface area contributed by atoms with E-state index < -0.39 is 0 Å². The highest BCUT2D eigenvalue weighted by atomic mass is 35.5. The van der Waals surface area contributed by atoms with Crippen LogP contribution >= 0.6 is 12.4 Å². The maximum atomic E-state index is 11.0. The number of fused-ring (bicyclic) bond motifs is 1. The van der Waals surface area contributed by atoms with Crippen LogP contribution in [-0.2, 0) is 6.54 Å². The van der Waals surface area contributed by atoms with Gasteiger partial charge in [0.25, 0.3) is 5.69 Å². The molecule has 3 rings (SSSR count). The predicted octanol–water partition coefficient (Wildman–Crippen LogP) is 4.91. The van der Waals surface area contributed by atoms with Crippen LogP contribution < -0.4 is 0 Å². The second kappa shape index (κ2) is 8.46. The van der Waals surface area contributed by atoms with Crippen LogP contribution in [0, 0.1) is 10.1 Å².